The van der Waals surface area contributed by atoms with Gasteiger partial charge in [0.15, 0.2) is 0 Å². The molecule has 38 heavy (non-hydrogen) atoms. The molecule has 1 heterocycles. The topological polar surface area (TPSA) is 133 Å². The van der Waals surface area contributed by atoms with Crippen LogP contribution in [0, 0.1) is 10.1 Å². The minimum atomic E-state index is -0.489. The summed E-state index contributed by atoms with van der Waals surface area (Å²) in [4.78, 5) is 28.1. The van der Waals surface area contributed by atoms with E-state index < -0.39 is 10.8 Å². The van der Waals surface area contributed by atoms with E-state index in [-0.39, 0.29) is 17.6 Å². The highest BCUT2D eigenvalue weighted by atomic mass is 16.6. The number of carbonyl (C=O) groups is 1. The molecule has 0 unspecified atom stereocenters. The van der Waals surface area contributed by atoms with Gasteiger partial charge in [0.1, 0.15) is 11.5 Å². The molecule has 4 aromatic rings. The molecule has 0 bridgehead atoms. The Kier molecular flexibility index (Phi) is 8.29. The number of hydrogen-bond donors (Lipinski definition) is 2. The van der Waals surface area contributed by atoms with Gasteiger partial charge in [-0.2, -0.15) is 9.67 Å². The van der Waals surface area contributed by atoms with Crippen molar-refractivity contribution in [3.05, 3.63) is 106 Å². The predicted molar refractivity (Wildman–Crippen MR) is 143 cm³/mol. The maximum absolute atomic E-state index is 13.1. The highest BCUT2D eigenvalue weighted by Crippen LogP contribution is 2.18. The van der Waals surface area contributed by atoms with E-state index in [4.69, 9.17) is 9.47 Å². The Morgan fingerprint density at radius 3 is 2.21 bits per heavy atom. The molecule has 0 fully saturated rings. The van der Waals surface area contributed by atoms with E-state index in [1.54, 1.807) is 26.4 Å². The van der Waals surface area contributed by atoms with Crippen molar-refractivity contribution >= 4 is 29.6 Å². The molecule has 0 radical (unpaired) electrons. The number of hydrogen-bond acceptors (Lipinski definition) is 9. The van der Waals surface area contributed by atoms with Crippen LogP contribution in [0.2, 0.25) is 0 Å². The highest BCUT2D eigenvalue weighted by molar-refractivity contribution is 5.94. The zero-order chi connectivity index (χ0) is 26.9. The number of ether oxygens (including phenoxy) is 2. The molecule has 0 aliphatic heterocycles. The maximum Gasteiger partial charge on any atom is 0.274 e. The Morgan fingerprint density at radius 2 is 1.58 bits per heavy atom. The van der Waals surface area contributed by atoms with E-state index in [1.165, 1.54) is 24.3 Å². The Bertz CT molecular complexity index is 1470. The summed E-state index contributed by atoms with van der Waals surface area (Å²) in [7, 11) is 3.19. The van der Waals surface area contributed by atoms with E-state index in [1.807, 2.05) is 48.5 Å². The van der Waals surface area contributed by atoms with Gasteiger partial charge in [0.05, 0.1) is 19.1 Å². The van der Waals surface area contributed by atoms with Crippen LogP contribution >= 0.6 is 0 Å². The second-order valence-corrected chi connectivity index (χ2v) is 8.10. The highest BCUT2D eigenvalue weighted by Gasteiger charge is 2.15. The van der Waals surface area contributed by atoms with Crippen molar-refractivity contribution in [2.75, 3.05) is 24.9 Å². The van der Waals surface area contributed by atoms with Crippen molar-refractivity contribution in [2.24, 2.45) is 0 Å². The molecule has 3 aromatic carbocycles. The third-order valence-corrected chi connectivity index (χ3v) is 5.48. The first-order valence-corrected chi connectivity index (χ1v) is 11.6. The van der Waals surface area contributed by atoms with E-state index in [2.05, 4.69) is 20.7 Å². The summed E-state index contributed by atoms with van der Waals surface area (Å²) in [6.07, 6.45) is 2.78. The largest absolute Gasteiger partial charge is 0.497 e. The number of allylic oxidation sites excluding steroid dienone is 1. The van der Waals surface area contributed by atoms with Gasteiger partial charge in [-0.05, 0) is 47.0 Å². The lowest BCUT2D eigenvalue weighted by atomic mass is 10.2. The second-order valence-electron chi connectivity index (χ2n) is 8.10. The summed E-state index contributed by atoms with van der Waals surface area (Å²) < 4.78 is 11.7. The number of methoxy groups -OCH3 is 2. The smallest absolute Gasteiger partial charge is 0.274 e. The van der Waals surface area contributed by atoms with E-state index >= 15 is 0 Å². The van der Waals surface area contributed by atoms with Gasteiger partial charge in [-0.15, -0.1) is 5.10 Å². The van der Waals surface area contributed by atoms with Gasteiger partial charge >= 0.3 is 0 Å². The summed E-state index contributed by atoms with van der Waals surface area (Å²) >= 11 is 0. The quantitative estimate of drug-likeness (QED) is 0.165. The SMILES string of the molecule is COc1cccc(CNc2nc(NCc3cccc(OC)c3)n(C(=O)C=Cc3cccc([N+](=O)[O-])c3)n2)c1. The molecular weight excluding hydrogens is 488 g/mol. The molecule has 0 aliphatic carbocycles. The van der Waals surface area contributed by atoms with E-state index in [0.29, 0.717) is 24.4 Å². The van der Waals surface area contributed by atoms with Gasteiger partial charge in [-0.1, -0.05) is 36.4 Å². The third-order valence-electron chi connectivity index (χ3n) is 5.48. The number of nitrogens with one attached hydrogen (secondary N) is 2. The standard InChI is InChI=1S/C27H26N6O5/c1-37-23-10-4-7-20(15-23)17-28-26-30-27(29-18-21-8-5-11-24(16-21)38-2)32(31-26)25(34)13-12-19-6-3-9-22(14-19)33(35)36/h3-16H,17-18H2,1-2H3,(H2,28,29,30,31). The van der Waals surface area contributed by atoms with Crippen molar-refractivity contribution in [1.29, 1.82) is 0 Å². The van der Waals surface area contributed by atoms with Gasteiger partial charge in [0.2, 0.25) is 11.9 Å². The first kappa shape index (κ1) is 25.9. The zero-order valence-corrected chi connectivity index (χ0v) is 20.8. The number of nitrogens with zero attached hydrogens (tertiary/aromatic N) is 4. The van der Waals surface area contributed by atoms with Gasteiger partial charge < -0.3 is 20.1 Å². The van der Waals surface area contributed by atoms with Crippen LogP contribution in [0.4, 0.5) is 17.6 Å². The summed E-state index contributed by atoms with van der Waals surface area (Å²) in [5, 5.41) is 21.7. The second kappa shape index (κ2) is 12.2. The number of non-ortho nitro benzene ring substituents is 1. The summed E-state index contributed by atoms with van der Waals surface area (Å²) in [6, 6.07) is 21.0. The Morgan fingerprint density at radius 1 is 0.947 bits per heavy atom. The fourth-order valence-corrected chi connectivity index (χ4v) is 3.56. The first-order valence-electron chi connectivity index (χ1n) is 11.6. The van der Waals surface area contributed by atoms with Crippen molar-refractivity contribution < 1.29 is 19.2 Å². The maximum atomic E-state index is 13.1. The third kappa shape index (κ3) is 6.72. The normalized spacial score (nSPS) is 10.8. The summed E-state index contributed by atoms with van der Waals surface area (Å²) in [5.74, 6) is 1.44. The van der Waals surface area contributed by atoms with Crippen LogP contribution in [-0.2, 0) is 13.1 Å². The molecule has 11 nitrogen and oxygen atoms in total. The number of nitro groups is 1. The van der Waals surface area contributed by atoms with E-state index in [0.717, 1.165) is 21.6 Å². The lowest BCUT2D eigenvalue weighted by Crippen LogP contribution is -2.14. The number of carbonyl (C=O) groups excluding carboxylic acids is 1. The average Bonchev–Trinajstić information content (AvgIpc) is 3.37. The molecule has 11 heteroatoms. The fourth-order valence-electron chi connectivity index (χ4n) is 3.56. The molecule has 194 valence electrons. The average molecular weight is 515 g/mol. The molecule has 0 saturated carbocycles. The minimum absolute atomic E-state index is 0.0648. The van der Waals surface area contributed by atoms with Gasteiger partial charge in [-0.25, -0.2) is 0 Å². The van der Waals surface area contributed by atoms with Crippen LogP contribution in [0.3, 0.4) is 0 Å². The summed E-state index contributed by atoms with van der Waals surface area (Å²) in [5.41, 5.74) is 2.31. The number of aromatic nitrogens is 3. The molecule has 0 aliphatic rings. The zero-order valence-electron chi connectivity index (χ0n) is 20.8. The van der Waals surface area contributed by atoms with Crippen LogP contribution in [0.5, 0.6) is 11.5 Å². The first-order chi connectivity index (χ1) is 18.4. The number of rotatable bonds is 11. The van der Waals surface area contributed by atoms with Crippen molar-refractivity contribution in [3.63, 3.8) is 0 Å². The Balaban J connectivity index is 1.55. The molecular formula is C27H26N6O5. The summed E-state index contributed by atoms with van der Waals surface area (Å²) in [6.45, 7) is 0.779. The van der Waals surface area contributed by atoms with E-state index in [9.17, 15) is 14.9 Å². The molecule has 0 saturated heterocycles. The fraction of sp³-hybridized carbons (Fsp3) is 0.148. The minimum Gasteiger partial charge on any atom is -0.497 e. The van der Waals surface area contributed by atoms with Crippen LogP contribution in [0.1, 0.15) is 21.5 Å². The number of anilines is 2. The molecule has 0 spiro atoms. The predicted octanol–water partition coefficient (Wildman–Crippen LogP) is 4.78. The van der Waals surface area contributed by atoms with Crippen LogP contribution in [-0.4, -0.2) is 39.8 Å². The van der Waals surface area contributed by atoms with Crippen molar-refractivity contribution in [2.45, 2.75) is 13.1 Å². The monoisotopic (exact) mass is 514 g/mol. The van der Waals surface area contributed by atoms with Gasteiger partial charge in [0.25, 0.3) is 11.6 Å². The number of nitro benzene ring substituents is 1. The lowest BCUT2D eigenvalue weighted by Gasteiger charge is -2.07. The van der Waals surface area contributed by atoms with Crippen molar-refractivity contribution in [1.82, 2.24) is 14.8 Å². The molecule has 1 aromatic heterocycles. The van der Waals surface area contributed by atoms with Gasteiger partial charge in [-0.3, -0.25) is 14.9 Å². The molecule has 2 N–H and O–H groups in total. The Labute approximate surface area is 218 Å². The number of benzene rings is 3. The van der Waals surface area contributed by atoms with Crippen LogP contribution < -0.4 is 20.1 Å². The molecule has 0 amide bonds. The van der Waals surface area contributed by atoms with Crippen LogP contribution in [0.15, 0.2) is 78.9 Å². The molecule has 0 atom stereocenters. The van der Waals surface area contributed by atoms with Crippen molar-refractivity contribution in [3.8, 4) is 11.5 Å². The van der Waals surface area contributed by atoms with Gasteiger partial charge in [0, 0.05) is 31.3 Å². The van der Waals surface area contributed by atoms with Crippen LogP contribution in [0.25, 0.3) is 6.08 Å². The molecule has 4 rings (SSSR count). The lowest BCUT2D eigenvalue weighted by molar-refractivity contribution is -0.384. The Hall–Kier alpha value is -5.19.